The van der Waals surface area contributed by atoms with E-state index in [1.807, 2.05) is 12.1 Å². The lowest BCUT2D eigenvalue weighted by atomic mass is 10.1. The largest absolute Gasteiger partial charge is 0.492 e. The van der Waals surface area contributed by atoms with Crippen molar-refractivity contribution in [3.05, 3.63) is 51.7 Å². The van der Waals surface area contributed by atoms with Gasteiger partial charge in [0.15, 0.2) is 5.96 Å². The summed E-state index contributed by atoms with van der Waals surface area (Å²) in [7, 11) is 3.97. The Hall–Kier alpha value is -2.09. The fourth-order valence-corrected chi connectivity index (χ4v) is 4.35. The van der Waals surface area contributed by atoms with E-state index in [0.717, 1.165) is 50.9 Å². The molecule has 1 aliphatic heterocycles. The van der Waals surface area contributed by atoms with Gasteiger partial charge in [0.2, 0.25) is 0 Å². The van der Waals surface area contributed by atoms with Gasteiger partial charge in [0.1, 0.15) is 12.4 Å². The van der Waals surface area contributed by atoms with Crippen LogP contribution in [0.4, 0.5) is 0 Å². The fraction of sp³-hybridized carbons (Fsp3) is 0.522. The van der Waals surface area contributed by atoms with Crippen LogP contribution in [0, 0.1) is 6.92 Å². The van der Waals surface area contributed by atoms with Gasteiger partial charge in [-0.3, -0.25) is 9.89 Å². The van der Waals surface area contributed by atoms with Gasteiger partial charge in [-0.15, -0.1) is 11.3 Å². The van der Waals surface area contributed by atoms with Crippen LogP contribution in [-0.2, 0) is 17.8 Å². The number of benzene rings is 1. The topological polar surface area (TPSA) is 58.1 Å². The predicted molar refractivity (Wildman–Crippen MR) is 125 cm³/mol. The molecule has 1 saturated heterocycles. The summed E-state index contributed by atoms with van der Waals surface area (Å²) in [6, 6.07) is 13.2. The minimum absolute atomic E-state index is 0.607. The summed E-state index contributed by atoms with van der Waals surface area (Å²) in [4.78, 5) is 9.33. The van der Waals surface area contributed by atoms with Gasteiger partial charge in [0.25, 0.3) is 0 Å². The lowest BCUT2D eigenvalue weighted by Gasteiger charge is -2.31. The van der Waals surface area contributed by atoms with Gasteiger partial charge in [-0.25, -0.2) is 0 Å². The molecule has 0 saturated carbocycles. The first-order valence-electron chi connectivity index (χ1n) is 10.6. The molecular weight excluding hydrogens is 396 g/mol. The highest BCUT2D eigenvalue weighted by molar-refractivity contribution is 7.11. The van der Waals surface area contributed by atoms with Crippen LogP contribution in [0.3, 0.4) is 0 Å². The highest BCUT2D eigenvalue weighted by Crippen LogP contribution is 2.16. The Labute approximate surface area is 184 Å². The molecule has 0 atom stereocenters. The Kier molecular flexibility index (Phi) is 8.99. The van der Waals surface area contributed by atoms with Crippen LogP contribution in [0.15, 0.2) is 41.4 Å². The zero-order chi connectivity index (χ0) is 21.2. The number of rotatable bonds is 9. The second-order valence-corrected chi connectivity index (χ2v) is 8.98. The lowest BCUT2D eigenvalue weighted by molar-refractivity contribution is 0.0392. The molecule has 1 aromatic heterocycles. The van der Waals surface area contributed by atoms with Crippen molar-refractivity contribution in [2.45, 2.75) is 38.9 Å². The van der Waals surface area contributed by atoms with Crippen LogP contribution in [0.25, 0.3) is 0 Å². The van der Waals surface area contributed by atoms with Crippen molar-refractivity contribution < 1.29 is 9.47 Å². The minimum atomic E-state index is 0.607. The number of nitrogens with zero attached hydrogens (tertiary/aromatic N) is 2. The summed E-state index contributed by atoms with van der Waals surface area (Å²) in [5.41, 5.74) is 1.17. The molecule has 2 heterocycles. The molecule has 7 heteroatoms. The van der Waals surface area contributed by atoms with Crippen molar-refractivity contribution in [1.82, 2.24) is 15.5 Å². The van der Waals surface area contributed by atoms with E-state index in [0.29, 0.717) is 19.2 Å². The molecule has 6 nitrogen and oxygen atoms in total. The molecule has 1 fully saturated rings. The van der Waals surface area contributed by atoms with Crippen molar-refractivity contribution in [3.63, 3.8) is 0 Å². The van der Waals surface area contributed by atoms with Crippen molar-refractivity contribution in [2.75, 3.05) is 40.5 Å². The van der Waals surface area contributed by atoms with Gasteiger partial charge in [-0.05, 0) is 56.6 Å². The van der Waals surface area contributed by atoms with E-state index in [2.05, 4.69) is 58.8 Å². The molecule has 0 bridgehead atoms. The first-order chi connectivity index (χ1) is 14.6. The molecule has 0 radical (unpaired) electrons. The molecule has 2 aromatic rings. The average Bonchev–Trinajstić information content (AvgIpc) is 3.20. The Morgan fingerprint density at radius 3 is 2.73 bits per heavy atom. The van der Waals surface area contributed by atoms with E-state index in [9.17, 15) is 0 Å². The summed E-state index contributed by atoms with van der Waals surface area (Å²) >= 11 is 1.80. The number of aryl methyl sites for hydroxylation is 1. The van der Waals surface area contributed by atoms with E-state index in [1.54, 1.807) is 18.4 Å². The number of nitrogens with one attached hydrogen (secondary N) is 2. The zero-order valence-corrected chi connectivity index (χ0v) is 19.1. The monoisotopic (exact) mass is 430 g/mol. The normalized spacial score (nSPS) is 15.4. The Bertz CT molecular complexity index is 802. The van der Waals surface area contributed by atoms with Crippen LogP contribution in [0.5, 0.6) is 5.75 Å². The van der Waals surface area contributed by atoms with Gasteiger partial charge in [-0.1, -0.05) is 12.1 Å². The second kappa shape index (κ2) is 11.9. The molecular formula is C23H34N4O2S. The average molecular weight is 431 g/mol. The molecule has 0 aliphatic carbocycles. The number of likely N-dealkylation sites (N-methyl/N-ethyl adjacent to an activating group) is 1. The summed E-state index contributed by atoms with van der Waals surface area (Å²) in [5.74, 6) is 1.71. The fourth-order valence-electron chi connectivity index (χ4n) is 3.52. The van der Waals surface area contributed by atoms with Crippen LogP contribution in [0.2, 0.25) is 0 Å². The summed E-state index contributed by atoms with van der Waals surface area (Å²) in [6.45, 7) is 6.95. The minimum Gasteiger partial charge on any atom is -0.492 e. The van der Waals surface area contributed by atoms with Crippen molar-refractivity contribution in [3.8, 4) is 5.75 Å². The van der Waals surface area contributed by atoms with Gasteiger partial charge >= 0.3 is 0 Å². The number of guanidine groups is 1. The third-order valence-electron chi connectivity index (χ3n) is 5.33. The second-order valence-electron chi connectivity index (χ2n) is 7.61. The summed E-state index contributed by atoms with van der Waals surface area (Å²) < 4.78 is 11.5. The maximum atomic E-state index is 6.00. The van der Waals surface area contributed by atoms with Crippen LogP contribution < -0.4 is 15.4 Å². The first kappa shape index (κ1) is 22.6. The number of ether oxygens (including phenoxy) is 2. The lowest BCUT2D eigenvalue weighted by Crippen LogP contribution is -2.38. The van der Waals surface area contributed by atoms with Crippen LogP contribution in [0.1, 0.15) is 28.2 Å². The molecule has 0 amide bonds. The Morgan fingerprint density at radius 1 is 1.20 bits per heavy atom. The molecule has 2 N–H and O–H groups in total. The number of thiophene rings is 1. The van der Waals surface area contributed by atoms with Gasteiger partial charge in [-0.2, -0.15) is 0 Å². The third kappa shape index (κ3) is 7.31. The smallest absolute Gasteiger partial charge is 0.191 e. The number of aliphatic imine (C=N–C) groups is 1. The van der Waals surface area contributed by atoms with Gasteiger partial charge in [0.05, 0.1) is 6.54 Å². The number of hydrogen-bond acceptors (Lipinski definition) is 5. The van der Waals surface area contributed by atoms with Crippen molar-refractivity contribution in [2.24, 2.45) is 4.99 Å². The molecule has 1 aromatic carbocycles. The molecule has 164 valence electrons. The summed E-state index contributed by atoms with van der Waals surface area (Å²) in [6.07, 6.45) is 2.22. The van der Waals surface area contributed by atoms with Gasteiger partial charge in [0, 0.05) is 49.1 Å². The van der Waals surface area contributed by atoms with Crippen LogP contribution >= 0.6 is 11.3 Å². The van der Waals surface area contributed by atoms with E-state index in [-0.39, 0.29) is 0 Å². The SMILES string of the molecule is CN=C(NCc1cccc(OCCN(C)C2CCOCC2)c1)NCc1ccc(C)s1. The Morgan fingerprint density at radius 2 is 2.00 bits per heavy atom. The van der Waals surface area contributed by atoms with E-state index >= 15 is 0 Å². The quantitative estimate of drug-likeness (QED) is 0.472. The third-order valence-corrected chi connectivity index (χ3v) is 6.34. The molecule has 3 rings (SSSR count). The summed E-state index contributed by atoms with van der Waals surface area (Å²) in [5, 5.41) is 6.74. The highest BCUT2D eigenvalue weighted by Gasteiger charge is 2.17. The highest BCUT2D eigenvalue weighted by atomic mass is 32.1. The molecule has 0 spiro atoms. The molecule has 1 aliphatic rings. The maximum absolute atomic E-state index is 6.00. The standard InChI is InChI=1S/C23H34N4O2S/c1-18-7-8-22(30-18)17-26-23(24-2)25-16-19-5-4-6-21(15-19)29-14-11-27(3)20-9-12-28-13-10-20/h4-8,15,20H,9-14,16-17H2,1-3H3,(H2,24,25,26). The maximum Gasteiger partial charge on any atom is 0.191 e. The predicted octanol–water partition coefficient (Wildman–Crippen LogP) is 3.41. The van der Waals surface area contributed by atoms with Gasteiger partial charge < -0.3 is 20.1 Å². The van der Waals surface area contributed by atoms with E-state index in [4.69, 9.17) is 9.47 Å². The molecule has 30 heavy (non-hydrogen) atoms. The first-order valence-corrected chi connectivity index (χ1v) is 11.5. The van der Waals surface area contributed by atoms with Crippen molar-refractivity contribution >= 4 is 17.3 Å². The van der Waals surface area contributed by atoms with Crippen LogP contribution in [-0.4, -0.2) is 57.4 Å². The van der Waals surface area contributed by atoms with Crippen molar-refractivity contribution in [1.29, 1.82) is 0 Å². The van der Waals surface area contributed by atoms with E-state index < -0.39 is 0 Å². The van der Waals surface area contributed by atoms with E-state index in [1.165, 1.54) is 15.3 Å². The molecule has 0 unspecified atom stereocenters. The zero-order valence-electron chi connectivity index (χ0n) is 18.3. The Balaban J connectivity index is 1.40. The number of hydrogen-bond donors (Lipinski definition) is 2.